The number of carbonyl (C=O) groups is 1. The highest BCUT2D eigenvalue weighted by Crippen LogP contribution is 2.33. The minimum atomic E-state index is -3.32. The highest BCUT2D eigenvalue weighted by molar-refractivity contribution is 7.91. The zero-order valence-corrected chi connectivity index (χ0v) is 19.8. The second-order valence-electron chi connectivity index (χ2n) is 8.32. The summed E-state index contributed by atoms with van der Waals surface area (Å²) in [6.45, 7) is 2.30. The van der Waals surface area contributed by atoms with Crippen molar-refractivity contribution in [2.24, 2.45) is 0 Å². The Morgan fingerprint density at radius 2 is 1.97 bits per heavy atom. The summed E-state index contributed by atoms with van der Waals surface area (Å²) in [5, 5.41) is 9.87. The molecule has 2 aromatic heterocycles. The number of sulfone groups is 1. The molecule has 0 unspecified atom stereocenters. The Hall–Kier alpha value is -3.76. The van der Waals surface area contributed by atoms with E-state index in [-0.39, 0.29) is 23.1 Å². The van der Waals surface area contributed by atoms with Crippen LogP contribution in [0, 0.1) is 0 Å². The first-order chi connectivity index (χ1) is 16.8. The van der Waals surface area contributed by atoms with Crippen LogP contribution in [-0.4, -0.2) is 57.7 Å². The maximum atomic E-state index is 12.3. The van der Waals surface area contributed by atoms with Gasteiger partial charge in [-0.15, -0.1) is 0 Å². The number of fused-ring (bicyclic) bond motifs is 1. The quantitative estimate of drug-likeness (QED) is 0.405. The molecule has 9 nitrogen and oxygen atoms in total. The molecule has 1 fully saturated rings. The fourth-order valence-corrected chi connectivity index (χ4v) is 4.90. The predicted octanol–water partition coefficient (Wildman–Crippen LogP) is 3.30. The molecule has 1 aliphatic heterocycles. The molecule has 5 rings (SSSR count). The van der Waals surface area contributed by atoms with E-state index in [1.54, 1.807) is 36.2 Å². The summed E-state index contributed by atoms with van der Waals surface area (Å²) in [7, 11) is -3.32. The standard InChI is InChI=1S/C25H24N4O5S/c1-2-35(32,33)18-8-6-17(7-9-18)34-23-14-21-20(27-24(28-21)19-5-3-4-11-26-19)13-16(23)15-29-12-10-22(30)25(29)31/h3-9,11,13-14,22,30H,2,10,12,15H2,1H3,(H,27,28)/t22-/m0/s1. The van der Waals surface area contributed by atoms with Gasteiger partial charge in [0.1, 0.15) is 23.3 Å². The fourth-order valence-electron chi connectivity index (χ4n) is 4.02. The van der Waals surface area contributed by atoms with Gasteiger partial charge in [0.15, 0.2) is 15.7 Å². The van der Waals surface area contributed by atoms with Crippen LogP contribution in [0.4, 0.5) is 0 Å². The molecule has 0 radical (unpaired) electrons. The number of hydrogen-bond acceptors (Lipinski definition) is 7. The van der Waals surface area contributed by atoms with Gasteiger partial charge in [0, 0.05) is 30.9 Å². The van der Waals surface area contributed by atoms with Crippen LogP contribution in [0.2, 0.25) is 0 Å². The van der Waals surface area contributed by atoms with Crippen LogP contribution in [0.5, 0.6) is 11.5 Å². The SMILES string of the molecule is CCS(=O)(=O)c1ccc(Oc2cc3nc(-c4ccccn4)[nH]c3cc2CN2CC[C@H](O)C2=O)cc1. The molecule has 2 N–H and O–H groups in total. The van der Waals surface area contributed by atoms with Gasteiger partial charge in [0.05, 0.1) is 21.7 Å². The number of pyridine rings is 1. The Morgan fingerprint density at radius 3 is 2.63 bits per heavy atom. The number of hydrogen-bond donors (Lipinski definition) is 2. The van der Waals surface area contributed by atoms with Gasteiger partial charge in [-0.2, -0.15) is 0 Å². The number of ether oxygens (including phenoxy) is 1. The third-order valence-corrected chi connectivity index (χ3v) is 7.74. The van der Waals surface area contributed by atoms with Crippen molar-refractivity contribution in [1.82, 2.24) is 19.9 Å². The van der Waals surface area contributed by atoms with Gasteiger partial charge in [-0.3, -0.25) is 9.78 Å². The first-order valence-electron chi connectivity index (χ1n) is 11.3. The molecule has 0 saturated carbocycles. The first-order valence-corrected chi connectivity index (χ1v) is 12.9. The second-order valence-corrected chi connectivity index (χ2v) is 10.6. The molecule has 1 saturated heterocycles. The molecular weight excluding hydrogens is 468 g/mol. The zero-order chi connectivity index (χ0) is 24.6. The van der Waals surface area contributed by atoms with Crippen LogP contribution in [0.25, 0.3) is 22.6 Å². The molecule has 4 aromatic rings. The third kappa shape index (κ3) is 4.62. The number of aromatic amines is 1. The van der Waals surface area contributed by atoms with Crippen molar-refractivity contribution in [2.45, 2.75) is 30.9 Å². The Labute approximate surface area is 202 Å². The Kier molecular flexibility index (Phi) is 6.00. The van der Waals surface area contributed by atoms with E-state index in [1.807, 2.05) is 24.3 Å². The summed E-state index contributed by atoms with van der Waals surface area (Å²) in [5.41, 5.74) is 2.83. The van der Waals surface area contributed by atoms with Gasteiger partial charge in [-0.25, -0.2) is 13.4 Å². The monoisotopic (exact) mass is 492 g/mol. The predicted molar refractivity (Wildman–Crippen MR) is 130 cm³/mol. The molecule has 1 atom stereocenters. The number of aliphatic hydroxyl groups excluding tert-OH is 1. The van der Waals surface area contributed by atoms with E-state index in [2.05, 4.69) is 15.0 Å². The van der Waals surface area contributed by atoms with Crippen LogP contribution in [0.3, 0.4) is 0 Å². The van der Waals surface area contributed by atoms with Gasteiger partial charge in [-0.05, 0) is 48.9 Å². The van der Waals surface area contributed by atoms with Gasteiger partial charge in [0.25, 0.3) is 5.91 Å². The van der Waals surface area contributed by atoms with Crippen molar-refractivity contribution in [2.75, 3.05) is 12.3 Å². The van der Waals surface area contributed by atoms with Crippen LogP contribution in [0.1, 0.15) is 18.9 Å². The maximum Gasteiger partial charge on any atom is 0.251 e. The summed E-state index contributed by atoms with van der Waals surface area (Å²) < 4.78 is 30.4. The fraction of sp³-hybridized carbons (Fsp3) is 0.240. The van der Waals surface area contributed by atoms with Crippen LogP contribution in [0.15, 0.2) is 65.7 Å². The molecular formula is C25H24N4O5S. The van der Waals surface area contributed by atoms with E-state index in [0.29, 0.717) is 41.5 Å². The lowest BCUT2D eigenvalue weighted by molar-refractivity contribution is -0.134. The number of rotatable bonds is 7. The molecule has 180 valence electrons. The highest BCUT2D eigenvalue weighted by atomic mass is 32.2. The van der Waals surface area contributed by atoms with Crippen molar-refractivity contribution in [3.05, 3.63) is 66.4 Å². The van der Waals surface area contributed by atoms with Gasteiger partial charge >= 0.3 is 0 Å². The first kappa shape index (κ1) is 23.0. The molecule has 35 heavy (non-hydrogen) atoms. The van der Waals surface area contributed by atoms with E-state index in [4.69, 9.17) is 4.74 Å². The molecule has 3 heterocycles. The smallest absolute Gasteiger partial charge is 0.251 e. The molecule has 2 aromatic carbocycles. The Balaban J connectivity index is 1.52. The van der Waals surface area contributed by atoms with E-state index in [1.165, 1.54) is 12.1 Å². The Morgan fingerprint density at radius 1 is 1.17 bits per heavy atom. The summed E-state index contributed by atoms with van der Waals surface area (Å²) >= 11 is 0. The van der Waals surface area contributed by atoms with Crippen molar-refractivity contribution in [3.8, 4) is 23.0 Å². The summed E-state index contributed by atoms with van der Waals surface area (Å²) in [6, 6.07) is 15.4. The maximum absolute atomic E-state index is 12.3. The molecule has 10 heteroatoms. The van der Waals surface area contributed by atoms with Crippen LogP contribution >= 0.6 is 0 Å². The van der Waals surface area contributed by atoms with Crippen molar-refractivity contribution >= 4 is 26.8 Å². The number of benzene rings is 2. The number of nitrogens with zero attached hydrogens (tertiary/aromatic N) is 3. The lowest BCUT2D eigenvalue weighted by Gasteiger charge is -2.18. The zero-order valence-electron chi connectivity index (χ0n) is 19.0. The van der Waals surface area contributed by atoms with Crippen LogP contribution in [-0.2, 0) is 21.2 Å². The van der Waals surface area contributed by atoms with E-state index in [0.717, 1.165) is 11.1 Å². The van der Waals surface area contributed by atoms with E-state index >= 15 is 0 Å². The number of carbonyl (C=O) groups excluding carboxylic acids is 1. The van der Waals surface area contributed by atoms with E-state index in [9.17, 15) is 18.3 Å². The second kappa shape index (κ2) is 9.12. The van der Waals surface area contributed by atoms with Gasteiger partial charge in [-0.1, -0.05) is 13.0 Å². The molecule has 1 aliphatic rings. The molecule has 0 aliphatic carbocycles. The lowest BCUT2D eigenvalue weighted by atomic mass is 10.1. The molecule has 0 bridgehead atoms. The normalized spacial score (nSPS) is 16.2. The van der Waals surface area contributed by atoms with Crippen LogP contribution < -0.4 is 4.74 Å². The topological polar surface area (TPSA) is 125 Å². The molecule has 0 spiro atoms. The third-order valence-electron chi connectivity index (χ3n) is 5.99. The van der Waals surface area contributed by atoms with Crippen molar-refractivity contribution < 1.29 is 23.1 Å². The van der Waals surface area contributed by atoms with Crippen molar-refractivity contribution in [1.29, 1.82) is 0 Å². The average molecular weight is 493 g/mol. The number of aliphatic hydroxyl groups is 1. The number of aromatic nitrogens is 3. The number of likely N-dealkylation sites (tertiary alicyclic amines) is 1. The van der Waals surface area contributed by atoms with Gasteiger partial charge < -0.3 is 19.7 Å². The minimum Gasteiger partial charge on any atom is -0.457 e. The molecule has 1 amide bonds. The summed E-state index contributed by atoms with van der Waals surface area (Å²) in [5.74, 6) is 1.24. The van der Waals surface area contributed by atoms with Crippen molar-refractivity contribution in [3.63, 3.8) is 0 Å². The summed E-state index contributed by atoms with van der Waals surface area (Å²) in [4.78, 5) is 26.4. The highest BCUT2D eigenvalue weighted by Gasteiger charge is 2.30. The van der Waals surface area contributed by atoms with Gasteiger partial charge in [0.2, 0.25) is 0 Å². The summed E-state index contributed by atoms with van der Waals surface area (Å²) in [6.07, 6.45) is 1.09. The number of amides is 1. The lowest BCUT2D eigenvalue weighted by Crippen LogP contribution is -2.29. The average Bonchev–Trinajstić information content (AvgIpc) is 3.43. The minimum absolute atomic E-state index is 0.0154. The Bertz CT molecular complexity index is 1480. The number of imidazole rings is 1. The van der Waals surface area contributed by atoms with E-state index < -0.39 is 15.9 Å². The largest absolute Gasteiger partial charge is 0.457 e. The number of H-pyrrole nitrogens is 1. The number of nitrogens with one attached hydrogen (secondary N) is 1.